The van der Waals surface area contributed by atoms with Gasteiger partial charge in [0.15, 0.2) is 0 Å². The highest BCUT2D eigenvalue weighted by atomic mass is 32.2. The van der Waals surface area contributed by atoms with Gasteiger partial charge >= 0.3 is 0 Å². The molecule has 1 saturated heterocycles. The number of rotatable bonds is 4. The molecule has 3 nitrogen and oxygen atoms in total. The van der Waals surface area contributed by atoms with Crippen LogP contribution in [0.3, 0.4) is 0 Å². The largest absolute Gasteiger partial charge is 0.380 e. The maximum atomic E-state index is 12.6. The van der Waals surface area contributed by atoms with E-state index in [0.717, 1.165) is 31.1 Å². The number of thioether (sulfide) groups is 1. The Morgan fingerprint density at radius 1 is 1.40 bits per heavy atom. The van der Waals surface area contributed by atoms with Crippen molar-refractivity contribution in [2.24, 2.45) is 11.3 Å². The molecular formula is C16H19NO2S. The summed E-state index contributed by atoms with van der Waals surface area (Å²) in [6, 6.07) is 8.50. The smallest absolute Gasteiger partial charge is 0.230 e. The quantitative estimate of drug-likeness (QED) is 0.853. The topological polar surface area (TPSA) is 29.5 Å². The molecule has 4 heteroatoms. The number of carbonyl (C=O) groups excluding carboxylic acids is 1. The first-order chi connectivity index (χ1) is 9.74. The van der Waals surface area contributed by atoms with Gasteiger partial charge < -0.3 is 9.64 Å². The summed E-state index contributed by atoms with van der Waals surface area (Å²) < 4.78 is 5.14. The van der Waals surface area contributed by atoms with Crippen molar-refractivity contribution in [2.75, 3.05) is 19.4 Å². The standard InChI is InChI=1S/C16H19NO2S/c1-19-10-11-2-4-12(5-3-11)14-17(6-7-20-14)15(18)16-8-13(16)9-16/h2-5,13-14H,6-10H2,1H3. The lowest BCUT2D eigenvalue weighted by atomic mass is 10.1. The van der Waals surface area contributed by atoms with Crippen LogP contribution in [0, 0.1) is 11.3 Å². The summed E-state index contributed by atoms with van der Waals surface area (Å²) >= 11 is 1.89. The minimum absolute atomic E-state index is 0.0964. The van der Waals surface area contributed by atoms with Gasteiger partial charge in [-0.2, -0.15) is 0 Å². The van der Waals surface area contributed by atoms with Gasteiger partial charge in [0.1, 0.15) is 5.37 Å². The van der Waals surface area contributed by atoms with Crippen LogP contribution in [0.1, 0.15) is 29.3 Å². The number of fused-ring (bicyclic) bond motifs is 1. The van der Waals surface area contributed by atoms with E-state index in [1.54, 1.807) is 7.11 Å². The summed E-state index contributed by atoms with van der Waals surface area (Å²) in [5, 5.41) is 0.218. The zero-order chi connectivity index (χ0) is 13.7. The molecule has 0 radical (unpaired) electrons. The molecule has 1 atom stereocenters. The van der Waals surface area contributed by atoms with Crippen molar-refractivity contribution in [3.8, 4) is 0 Å². The molecule has 20 heavy (non-hydrogen) atoms. The van der Waals surface area contributed by atoms with Crippen LogP contribution in [0.15, 0.2) is 24.3 Å². The van der Waals surface area contributed by atoms with Gasteiger partial charge in [-0.25, -0.2) is 0 Å². The third-order valence-electron chi connectivity index (χ3n) is 4.84. The van der Waals surface area contributed by atoms with Gasteiger partial charge in [-0.3, -0.25) is 4.79 Å². The fourth-order valence-corrected chi connectivity index (χ4v) is 4.49. The van der Waals surface area contributed by atoms with Crippen molar-refractivity contribution < 1.29 is 9.53 Å². The van der Waals surface area contributed by atoms with E-state index in [1.165, 1.54) is 11.1 Å². The highest BCUT2D eigenvalue weighted by molar-refractivity contribution is 7.99. The predicted octanol–water partition coefficient (Wildman–Crippen LogP) is 2.82. The van der Waals surface area contributed by atoms with E-state index in [2.05, 4.69) is 29.2 Å². The third-order valence-corrected chi connectivity index (χ3v) is 6.10. The number of hydrogen-bond acceptors (Lipinski definition) is 3. The van der Waals surface area contributed by atoms with Crippen molar-refractivity contribution in [3.63, 3.8) is 0 Å². The van der Waals surface area contributed by atoms with Crippen molar-refractivity contribution in [3.05, 3.63) is 35.4 Å². The van der Waals surface area contributed by atoms with Gasteiger partial charge in [-0.05, 0) is 29.9 Å². The van der Waals surface area contributed by atoms with Gasteiger partial charge in [0.2, 0.25) is 5.91 Å². The van der Waals surface area contributed by atoms with E-state index < -0.39 is 0 Å². The number of methoxy groups -OCH3 is 1. The van der Waals surface area contributed by atoms with Crippen molar-refractivity contribution in [1.82, 2.24) is 4.90 Å². The Balaban J connectivity index is 1.52. The Labute approximate surface area is 123 Å². The second kappa shape index (κ2) is 4.50. The number of amides is 1. The average molecular weight is 289 g/mol. The minimum atomic E-state index is 0.0964. The zero-order valence-corrected chi connectivity index (χ0v) is 12.5. The third kappa shape index (κ3) is 1.89. The van der Waals surface area contributed by atoms with E-state index in [9.17, 15) is 4.79 Å². The lowest BCUT2D eigenvalue weighted by Gasteiger charge is -2.25. The first-order valence-corrected chi connectivity index (χ1v) is 8.30. The SMILES string of the molecule is COCc1ccc(C2SCCN2C(=O)C23CC2C3)cc1. The van der Waals surface area contributed by atoms with Gasteiger partial charge in [-0.15, -0.1) is 11.8 Å². The molecule has 2 aliphatic carbocycles. The molecule has 3 fully saturated rings. The predicted molar refractivity (Wildman–Crippen MR) is 79.2 cm³/mol. The van der Waals surface area contributed by atoms with Crippen LogP contribution in [-0.2, 0) is 16.1 Å². The number of benzene rings is 1. The van der Waals surface area contributed by atoms with E-state index in [1.807, 2.05) is 11.8 Å². The zero-order valence-electron chi connectivity index (χ0n) is 11.7. The van der Waals surface area contributed by atoms with Crippen LogP contribution in [-0.4, -0.2) is 30.2 Å². The molecule has 3 aliphatic rings. The molecule has 0 N–H and O–H groups in total. The summed E-state index contributed by atoms with van der Waals surface area (Å²) in [5.41, 5.74) is 2.52. The number of ether oxygens (including phenoxy) is 1. The van der Waals surface area contributed by atoms with Gasteiger partial charge in [0.25, 0.3) is 0 Å². The molecule has 4 rings (SSSR count). The summed E-state index contributed by atoms with van der Waals surface area (Å²) in [5.74, 6) is 2.19. The highest BCUT2D eigenvalue weighted by Crippen LogP contribution is 2.76. The average Bonchev–Trinajstić information content (AvgIpc) is 3.26. The molecule has 106 valence electrons. The van der Waals surface area contributed by atoms with Crippen LogP contribution in [0.4, 0.5) is 0 Å². The van der Waals surface area contributed by atoms with Crippen molar-refractivity contribution >= 4 is 17.7 Å². The lowest BCUT2D eigenvalue weighted by Crippen LogP contribution is -2.33. The molecule has 2 saturated carbocycles. The van der Waals surface area contributed by atoms with Gasteiger partial charge in [-0.1, -0.05) is 24.3 Å². The maximum absolute atomic E-state index is 12.6. The first-order valence-electron chi connectivity index (χ1n) is 7.25. The second-order valence-corrected chi connectivity index (χ2v) is 7.35. The monoisotopic (exact) mass is 289 g/mol. The Bertz CT molecular complexity index is 536. The molecule has 1 amide bonds. The summed E-state index contributed by atoms with van der Waals surface area (Å²) in [6.45, 7) is 1.55. The van der Waals surface area contributed by atoms with E-state index in [-0.39, 0.29) is 10.8 Å². The molecular weight excluding hydrogens is 270 g/mol. The van der Waals surface area contributed by atoms with Crippen LogP contribution >= 0.6 is 11.8 Å². The molecule has 0 bridgehead atoms. The fourth-order valence-electron chi connectivity index (χ4n) is 3.24. The molecule has 0 aromatic heterocycles. The summed E-state index contributed by atoms with van der Waals surface area (Å²) in [7, 11) is 1.71. The van der Waals surface area contributed by atoms with E-state index in [0.29, 0.717) is 12.5 Å². The van der Waals surface area contributed by atoms with Crippen LogP contribution in [0.2, 0.25) is 0 Å². The number of nitrogens with zero attached hydrogens (tertiary/aromatic N) is 1. The Morgan fingerprint density at radius 3 is 2.70 bits per heavy atom. The molecule has 1 aromatic rings. The molecule has 1 heterocycles. The van der Waals surface area contributed by atoms with Crippen molar-refractivity contribution in [1.29, 1.82) is 0 Å². The lowest BCUT2D eigenvalue weighted by molar-refractivity contribution is -0.134. The second-order valence-electron chi connectivity index (χ2n) is 6.16. The summed E-state index contributed by atoms with van der Waals surface area (Å²) in [4.78, 5) is 14.7. The Kier molecular flexibility index (Phi) is 2.86. The normalized spacial score (nSPS) is 34.0. The molecule has 1 aromatic carbocycles. The molecule has 1 aliphatic heterocycles. The maximum Gasteiger partial charge on any atom is 0.230 e. The van der Waals surface area contributed by atoms with Crippen molar-refractivity contribution in [2.45, 2.75) is 24.8 Å². The fraction of sp³-hybridized carbons (Fsp3) is 0.562. The van der Waals surface area contributed by atoms with E-state index in [4.69, 9.17) is 4.74 Å². The first kappa shape index (κ1) is 12.7. The van der Waals surface area contributed by atoms with E-state index >= 15 is 0 Å². The van der Waals surface area contributed by atoms with Crippen LogP contribution in [0.25, 0.3) is 0 Å². The van der Waals surface area contributed by atoms with Gasteiger partial charge in [0.05, 0.1) is 12.0 Å². The Morgan fingerprint density at radius 2 is 2.10 bits per heavy atom. The summed E-state index contributed by atoms with van der Waals surface area (Å²) in [6.07, 6.45) is 2.29. The molecule has 0 spiro atoms. The van der Waals surface area contributed by atoms with Crippen LogP contribution in [0.5, 0.6) is 0 Å². The number of hydrogen-bond donors (Lipinski definition) is 0. The number of carbonyl (C=O) groups is 1. The molecule has 1 unspecified atom stereocenters. The Hall–Kier alpha value is -1.00. The minimum Gasteiger partial charge on any atom is -0.380 e. The van der Waals surface area contributed by atoms with Crippen LogP contribution < -0.4 is 0 Å². The van der Waals surface area contributed by atoms with Gasteiger partial charge in [0, 0.05) is 19.4 Å². The highest BCUT2D eigenvalue weighted by Gasteiger charge is 2.75.